The summed E-state index contributed by atoms with van der Waals surface area (Å²) in [7, 11) is 0. The van der Waals surface area contributed by atoms with E-state index in [1.807, 2.05) is 13.8 Å². The number of rotatable bonds is 16. The van der Waals surface area contributed by atoms with Crippen LogP contribution in [0.25, 0.3) is 0 Å². The molecule has 0 spiro atoms. The van der Waals surface area contributed by atoms with Gasteiger partial charge in [-0.25, -0.2) is 0 Å². The van der Waals surface area contributed by atoms with Crippen LogP contribution < -0.4 is 10.6 Å². The number of nitrogens with one attached hydrogen (secondary N) is 2. The molecule has 9 nitrogen and oxygen atoms in total. The van der Waals surface area contributed by atoms with Crippen LogP contribution in [0.15, 0.2) is 0 Å². The average molecular weight is 364 g/mol. The van der Waals surface area contributed by atoms with Gasteiger partial charge in [0.25, 0.3) is 11.8 Å². The lowest BCUT2D eigenvalue weighted by atomic mass is 10.1. The maximum atomic E-state index is 11.6. The highest BCUT2D eigenvalue weighted by molar-refractivity contribution is 5.90. The standard InChI is InChI=1S/C16H32N2O7/c1-3-5-17-15(21)13(19)14(20)16(22)18-6-8-24-10-12-25-11-9-23-7-4-2/h13-14,19-20H,3-12H2,1-2H3,(H,17,21)(H,18,22). The van der Waals surface area contributed by atoms with Gasteiger partial charge in [-0.3, -0.25) is 9.59 Å². The van der Waals surface area contributed by atoms with E-state index in [1.165, 1.54) is 0 Å². The lowest BCUT2D eigenvalue weighted by molar-refractivity contribution is -0.146. The van der Waals surface area contributed by atoms with Crippen LogP contribution in [0.3, 0.4) is 0 Å². The highest BCUT2D eigenvalue weighted by Gasteiger charge is 2.29. The highest BCUT2D eigenvalue weighted by Crippen LogP contribution is 1.94. The zero-order valence-electron chi connectivity index (χ0n) is 15.2. The molecular formula is C16H32N2O7. The molecular weight excluding hydrogens is 332 g/mol. The second kappa shape index (κ2) is 16.2. The lowest BCUT2D eigenvalue weighted by Gasteiger charge is -2.17. The number of carbonyl (C=O) groups excluding carboxylic acids is 2. The molecule has 0 aromatic heterocycles. The van der Waals surface area contributed by atoms with Crippen LogP contribution in [0.1, 0.15) is 26.7 Å². The second-order valence-electron chi connectivity index (χ2n) is 5.31. The zero-order chi connectivity index (χ0) is 18.9. The fraction of sp³-hybridized carbons (Fsp3) is 0.875. The van der Waals surface area contributed by atoms with Crippen molar-refractivity contribution in [2.75, 3.05) is 52.7 Å². The van der Waals surface area contributed by atoms with Gasteiger partial charge in [0.1, 0.15) is 0 Å². The highest BCUT2D eigenvalue weighted by atomic mass is 16.5. The third kappa shape index (κ3) is 12.7. The van der Waals surface area contributed by atoms with Crippen LogP contribution in [0.4, 0.5) is 0 Å². The molecule has 2 amide bonds. The summed E-state index contributed by atoms with van der Waals surface area (Å²) < 4.78 is 15.8. The first kappa shape index (κ1) is 23.7. The predicted molar refractivity (Wildman–Crippen MR) is 91.1 cm³/mol. The Labute approximate surface area is 149 Å². The Hall–Kier alpha value is -1.26. The van der Waals surface area contributed by atoms with E-state index in [1.54, 1.807) is 0 Å². The smallest absolute Gasteiger partial charge is 0.252 e. The first-order chi connectivity index (χ1) is 12.0. The molecule has 0 aliphatic heterocycles. The summed E-state index contributed by atoms with van der Waals surface area (Å²) in [6.07, 6.45) is -1.95. The van der Waals surface area contributed by atoms with Gasteiger partial charge in [0, 0.05) is 19.7 Å². The Bertz CT molecular complexity index is 355. The van der Waals surface area contributed by atoms with Crippen molar-refractivity contribution in [2.24, 2.45) is 0 Å². The number of ether oxygens (including phenoxy) is 3. The van der Waals surface area contributed by atoms with E-state index >= 15 is 0 Å². The SMILES string of the molecule is CCCNC(=O)C(O)C(O)C(=O)NCCOCCOCCOCCC. The number of hydrogen-bond donors (Lipinski definition) is 4. The molecule has 0 saturated carbocycles. The lowest BCUT2D eigenvalue weighted by Crippen LogP contribution is -2.50. The first-order valence-corrected chi connectivity index (χ1v) is 8.69. The maximum Gasteiger partial charge on any atom is 0.252 e. The van der Waals surface area contributed by atoms with E-state index in [4.69, 9.17) is 14.2 Å². The van der Waals surface area contributed by atoms with Crippen molar-refractivity contribution in [3.05, 3.63) is 0 Å². The van der Waals surface area contributed by atoms with E-state index in [-0.39, 0.29) is 13.2 Å². The van der Waals surface area contributed by atoms with Gasteiger partial charge in [-0.2, -0.15) is 0 Å². The molecule has 0 aliphatic carbocycles. The third-order valence-corrected chi connectivity index (χ3v) is 3.02. The fourth-order valence-corrected chi connectivity index (χ4v) is 1.68. The minimum Gasteiger partial charge on any atom is -0.380 e. The minimum atomic E-state index is -1.82. The molecule has 0 radical (unpaired) electrons. The van der Waals surface area contributed by atoms with Crippen LogP contribution in [-0.4, -0.2) is 87.0 Å². The molecule has 4 N–H and O–H groups in total. The molecule has 9 heteroatoms. The van der Waals surface area contributed by atoms with Crippen LogP contribution in [0.5, 0.6) is 0 Å². The summed E-state index contributed by atoms with van der Waals surface area (Å²) in [5, 5.41) is 24.0. The van der Waals surface area contributed by atoms with Gasteiger partial charge in [0.05, 0.1) is 33.0 Å². The minimum absolute atomic E-state index is 0.152. The fourth-order valence-electron chi connectivity index (χ4n) is 1.68. The summed E-state index contributed by atoms with van der Waals surface area (Å²) in [4.78, 5) is 23.1. The third-order valence-electron chi connectivity index (χ3n) is 3.02. The Morgan fingerprint density at radius 1 is 0.720 bits per heavy atom. The molecule has 0 aromatic rings. The Morgan fingerprint density at radius 3 is 1.64 bits per heavy atom. The molecule has 25 heavy (non-hydrogen) atoms. The van der Waals surface area contributed by atoms with E-state index < -0.39 is 24.0 Å². The summed E-state index contributed by atoms with van der Waals surface area (Å²) in [6, 6.07) is 0. The Kier molecular flexibility index (Phi) is 15.4. The van der Waals surface area contributed by atoms with Crippen molar-refractivity contribution < 1.29 is 34.0 Å². The molecule has 2 unspecified atom stereocenters. The van der Waals surface area contributed by atoms with Crippen LogP contribution >= 0.6 is 0 Å². The number of aliphatic hydroxyl groups excluding tert-OH is 2. The van der Waals surface area contributed by atoms with Crippen LogP contribution in [0.2, 0.25) is 0 Å². The molecule has 0 heterocycles. The van der Waals surface area contributed by atoms with Crippen molar-refractivity contribution in [2.45, 2.75) is 38.9 Å². The van der Waals surface area contributed by atoms with Crippen LogP contribution in [0, 0.1) is 0 Å². The molecule has 0 bridgehead atoms. The van der Waals surface area contributed by atoms with E-state index in [0.29, 0.717) is 39.4 Å². The number of hydrogen-bond acceptors (Lipinski definition) is 7. The molecule has 0 aliphatic rings. The predicted octanol–water partition coefficient (Wildman–Crippen LogP) is -1.19. The Morgan fingerprint density at radius 2 is 1.16 bits per heavy atom. The van der Waals surface area contributed by atoms with Crippen molar-refractivity contribution in [3.63, 3.8) is 0 Å². The monoisotopic (exact) mass is 364 g/mol. The molecule has 0 saturated heterocycles. The van der Waals surface area contributed by atoms with Crippen molar-refractivity contribution in [1.29, 1.82) is 0 Å². The van der Waals surface area contributed by atoms with Crippen molar-refractivity contribution in [1.82, 2.24) is 10.6 Å². The molecule has 0 fully saturated rings. The Balaban J connectivity index is 3.61. The van der Waals surface area contributed by atoms with Gasteiger partial charge in [-0.1, -0.05) is 13.8 Å². The van der Waals surface area contributed by atoms with Gasteiger partial charge in [-0.05, 0) is 12.8 Å². The molecule has 0 rings (SSSR count). The van der Waals surface area contributed by atoms with Crippen LogP contribution in [-0.2, 0) is 23.8 Å². The van der Waals surface area contributed by atoms with E-state index in [0.717, 1.165) is 13.0 Å². The average Bonchev–Trinajstić information content (AvgIpc) is 2.62. The van der Waals surface area contributed by atoms with E-state index in [2.05, 4.69) is 10.6 Å². The van der Waals surface area contributed by atoms with Crippen molar-refractivity contribution >= 4 is 11.8 Å². The number of aliphatic hydroxyl groups is 2. The largest absolute Gasteiger partial charge is 0.380 e. The summed E-state index contributed by atoms with van der Waals surface area (Å²) in [5.74, 6) is -1.60. The molecule has 148 valence electrons. The molecule has 0 aromatic carbocycles. The van der Waals surface area contributed by atoms with Gasteiger partial charge in [0.15, 0.2) is 12.2 Å². The van der Waals surface area contributed by atoms with Gasteiger partial charge in [-0.15, -0.1) is 0 Å². The topological polar surface area (TPSA) is 126 Å². The van der Waals surface area contributed by atoms with Gasteiger partial charge < -0.3 is 35.1 Å². The summed E-state index contributed by atoms with van der Waals surface area (Å²) in [6.45, 7) is 7.20. The summed E-state index contributed by atoms with van der Waals surface area (Å²) in [5.41, 5.74) is 0. The van der Waals surface area contributed by atoms with Crippen molar-refractivity contribution in [3.8, 4) is 0 Å². The zero-order valence-corrected chi connectivity index (χ0v) is 15.2. The normalized spacial score (nSPS) is 13.3. The van der Waals surface area contributed by atoms with E-state index in [9.17, 15) is 19.8 Å². The maximum absolute atomic E-state index is 11.6. The summed E-state index contributed by atoms with van der Waals surface area (Å²) >= 11 is 0. The second-order valence-corrected chi connectivity index (χ2v) is 5.31. The van der Waals surface area contributed by atoms with Gasteiger partial charge in [0.2, 0.25) is 0 Å². The van der Waals surface area contributed by atoms with Gasteiger partial charge >= 0.3 is 0 Å². The number of carbonyl (C=O) groups is 2. The first-order valence-electron chi connectivity index (χ1n) is 8.69. The number of amides is 2. The quantitative estimate of drug-likeness (QED) is 0.254. The molecule has 2 atom stereocenters.